The van der Waals surface area contributed by atoms with Gasteiger partial charge in [0.2, 0.25) is 5.62 Å². The van der Waals surface area contributed by atoms with E-state index in [0.29, 0.717) is 5.84 Å². The molecule has 1 aliphatic rings. The van der Waals surface area contributed by atoms with Crippen LogP contribution in [0.1, 0.15) is 5.56 Å². The Labute approximate surface area is 155 Å². The molecule has 0 saturated heterocycles. The van der Waals surface area contributed by atoms with Gasteiger partial charge in [-0.2, -0.15) is 0 Å². The van der Waals surface area contributed by atoms with Gasteiger partial charge in [0.25, 0.3) is 0 Å². The summed E-state index contributed by atoms with van der Waals surface area (Å²) in [7, 11) is 0. The van der Waals surface area contributed by atoms with Crippen molar-refractivity contribution in [1.82, 2.24) is 0 Å². The summed E-state index contributed by atoms with van der Waals surface area (Å²) in [5.74, 6) is 0.636. The van der Waals surface area contributed by atoms with Gasteiger partial charge in [-0.3, -0.25) is 4.90 Å². The summed E-state index contributed by atoms with van der Waals surface area (Å²) in [6, 6.07) is 23.8. The summed E-state index contributed by atoms with van der Waals surface area (Å²) in [4.78, 5) is 10.9. The molecular formula is C21H14ClN3O. The first-order valence-electron chi connectivity index (χ1n) is 8.31. The van der Waals surface area contributed by atoms with Crippen molar-refractivity contribution in [1.29, 1.82) is 0 Å². The van der Waals surface area contributed by atoms with Crippen molar-refractivity contribution in [2.45, 2.75) is 5.62 Å². The van der Waals surface area contributed by atoms with Crippen LogP contribution < -0.4 is 4.90 Å². The van der Waals surface area contributed by atoms with E-state index in [2.05, 4.69) is 22.1 Å². The van der Waals surface area contributed by atoms with Gasteiger partial charge in [0.05, 0.1) is 0 Å². The quantitative estimate of drug-likeness (QED) is 0.355. The van der Waals surface area contributed by atoms with E-state index in [1.54, 1.807) is 6.34 Å². The lowest BCUT2D eigenvalue weighted by Gasteiger charge is -2.25. The Balaban J connectivity index is 1.53. The zero-order valence-corrected chi connectivity index (χ0v) is 14.5. The van der Waals surface area contributed by atoms with Crippen molar-refractivity contribution in [3.63, 3.8) is 0 Å². The number of amidine groups is 1. The average molecular weight is 360 g/mol. The summed E-state index contributed by atoms with van der Waals surface area (Å²) in [6.07, 6.45) is 1.73. The molecule has 0 aliphatic carbocycles. The molecule has 0 N–H and O–H groups in total. The molecule has 1 aliphatic heterocycles. The van der Waals surface area contributed by atoms with Crippen LogP contribution >= 0.6 is 11.6 Å². The van der Waals surface area contributed by atoms with Crippen LogP contribution in [-0.2, 0) is 0 Å². The number of hydrogen-bond acceptors (Lipinski definition) is 4. The van der Waals surface area contributed by atoms with Gasteiger partial charge in [-0.25, -0.2) is 9.98 Å². The van der Waals surface area contributed by atoms with Gasteiger partial charge in [-0.1, -0.05) is 60.1 Å². The second-order valence-electron chi connectivity index (χ2n) is 6.06. The molecule has 4 aromatic rings. The first-order valence-corrected chi connectivity index (χ1v) is 8.74. The minimum absolute atomic E-state index is 0.557. The molecular weight excluding hydrogens is 346 g/mol. The second-order valence-corrected chi connectivity index (χ2v) is 6.45. The van der Waals surface area contributed by atoms with E-state index >= 15 is 0 Å². The normalized spacial score (nSPS) is 17.0. The number of rotatable bonds is 2. The summed E-state index contributed by atoms with van der Waals surface area (Å²) in [5.41, 5.74) is 3.04. The monoisotopic (exact) mass is 359 g/mol. The molecule has 126 valence electrons. The molecule has 1 aromatic heterocycles. The molecule has 1 unspecified atom stereocenters. The van der Waals surface area contributed by atoms with Gasteiger partial charge in [-0.15, -0.1) is 0 Å². The van der Waals surface area contributed by atoms with Crippen LogP contribution in [0.15, 0.2) is 87.2 Å². The molecule has 0 amide bonds. The number of benzene rings is 3. The molecule has 2 heterocycles. The fourth-order valence-electron chi connectivity index (χ4n) is 3.17. The first kappa shape index (κ1) is 15.2. The Hall–Kier alpha value is -3.11. The van der Waals surface area contributed by atoms with Crippen LogP contribution in [0.2, 0.25) is 0 Å². The fraction of sp³-hybridized carbons (Fsp3) is 0.0476. The largest absolute Gasteiger partial charge is 0.456 e. The molecule has 0 saturated carbocycles. The van der Waals surface area contributed by atoms with Gasteiger partial charge in [-0.05, 0) is 24.3 Å². The molecule has 0 fully saturated rings. The number of aliphatic imine (C=N–C) groups is 2. The van der Waals surface area contributed by atoms with Gasteiger partial charge in [0.15, 0.2) is 5.84 Å². The minimum atomic E-state index is -0.557. The van der Waals surface area contributed by atoms with E-state index in [1.807, 2.05) is 65.6 Å². The lowest BCUT2D eigenvalue weighted by atomic mass is 10.1. The summed E-state index contributed by atoms with van der Waals surface area (Å²) in [5, 5.41) is 2.13. The average Bonchev–Trinajstić information content (AvgIpc) is 3.06. The lowest BCUT2D eigenvalue weighted by Crippen LogP contribution is -2.32. The first-order chi connectivity index (χ1) is 12.8. The smallest absolute Gasteiger partial charge is 0.205 e. The maximum Gasteiger partial charge on any atom is 0.205 e. The molecule has 26 heavy (non-hydrogen) atoms. The minimum Gasteiger partial charge on any atom is -0.456 e. The second kappa shape index (κ2) is 6.00. The molecule has 3 aromatic carbocycles. The number of alkyl halides is 1. The van der Waals surface area contributed by atoms with Crippen molar-refractivity contribution in [2.24, 2.45) is 9.98 Å². The number of para-hydroxylation sites is 1. The third-order valence-electron chi connectivity index (χ3n) is 4.45. The number of hydrogen-bond donors (Lipinski definition) is 0. The van der Waals surface area contributed by atoms with Crippen LogP contribution in [0.25, 0.3) is 21.9 Å². The van der Waals surface area contributed by atoms with Gasteiger partial charge in [0, 0.05) is 22.0 Å². The third kappa shape index (κ3) is 2.47. The highest BCUT2D eigenvalue weighted by Gasteiger charge is 2.20. The lowest BCUT2D eigenvalue weighted by molar-refractivity contribution is 0.669. The SMILES string of the molecule is ClC1N=C(c2ccccc2)N=CN1c1ccc2oc3ccccc3c2c1. The molecule has 5 rings (SSSR count). The maximum atomic E-state index is 6.53. The number of furan rings is 1. The summed E-state index contributed by atoms with van der Waals surface area (Å²) in [6.45, 7) is 0. The Bertz CT molecular complexity index is 1160. The third-order valence-corrected chi connectivity index (χ3v) is 4.76. The van der Waals surface area contributed by atoms with Crippen LogP contribution in [-0.4, -0.2) is 17.8 Å². The fourth-order valence-corrected chi connectivity index (χ4v) is 3.42. The van der Waals surface area contributed by atoms with E-state index in [1.165, 1.54) is 0 Å². The van der Waals surface area contributed by atoms with Gasteiger partial charge in [0.1, 0.15) is 17.5 Å². The van der Waals surface area contributed by atoms with Crippen LogP contribution in [0.5, 0.6) is 0 Å². The van der Waals surface area contributed by atoms with E-state index in [0.717, 1.165) is 33.2 Å². The van der Waals surface area contributed by atoms with E-state index in [9.17, 15) is 0 Å². The van der Waals surface area contributed by atoms with Crippen molar-refractivity contribution in [2.75, 3.05) is 4.90 Å². The number of fused-ring (bicyclic) bond motifs is 3. The Kier molecular flexibility index (Phi) is 3.50. The molecule has 0 bridgehead atoms. The summed E-state index contributed by atoms with van der Waals surface area (Å²) >= 11 is 6.53. The predicted molar refractivity (Wildman–Crippen MR) is 107 cm³/mol. The highest BCUT2D eigenvalue weighted by Crippen LogP contribution is 2.32. The Morgan fingerprint density at radius 2 is 1.62 bits per heavy atom. The maximum absolute atomic E-state index is 6.53. The van der Waals surface area contributed by atoms with Crippen molar-refractivity contribution in [3.05, 3.63) is 78.4 Å². The van der Waals surface area contributed by atoms with Gasteiger partial charge >= 0.3 is 0 Å². The van der Waals surface area contributed by atoms with Crippen LogP contribution in [0.4, 0.5) is 5.69 Å². The standard InChI is InChI=1S/C21H14ClN3O/c22-21-24-20(14-6-2-1-3-7-14)23-13-25(21)15-10-11-19-17(12-15)16-8-4-5-9-18(16)26-19/h1-13,21H. The summed E-state index contributed by atoms with van der Waals surface area (Å²) < 4.78 is 5.88. The molecule has 0 spiro atoms. The van der Waals surface area contributed by atoms with E-state index < -0.39 is 5.62 Å². The van der Waals surface area contributed by atoms with Crippen molar-refractivity contribution in [3.8, 4) is 0 Å². The number of nitrogens with zero attached hydrogens (tertiary/aromatic N) is 3. The zero-order valence-electron chi connectivity index (χ0n) is 13.7. The van der Waals surface area contributed by atoms with Crippen molar-refractivity contribution < 1.29 is 4.42 Å². The van der Waals surface area contributed by atoms with E-state index in [4.69, 9.17) is 16.0 Å². The highest BCUT2D eigenvalue weighted by atomic mass is 35.5. The molecule has 4 nitrogen and oxygen atoms in total. The predicted octanol–water partition coefficient (Wildman–Crippen LogP) is 5.40. The van der Waals surface area contributed by atoms with Crippen molar-refractivity contribution >= 4 is 51.4 Å². The Morgan fingerprint density at radius 1 is 0.846 bits per heavy atom. The topological polar surface area (TPSA) is 41.1 Å². The van der Waals surface area contributed by atoms with Crippen LogP contribution in [0, 0.1) is 0 Å². The number of halogens is 1. The Morgan fingerprint density at radius 3 is 2.46 bits per heavy atom. The molecule has 5 heteroatoms. The van der Waals surface area contributed by atoms with E-state index in [-0.39, 0.29) is 0 Å². The molecule has 1 atom stereocenters. The zero-order chi connectivity index (χ0) is 17.5. The number of anilines is 1. The molecule has 0 radical (unpaired) electrons. The van der Waals surface area contributed by atoms with Gasteiger partial charge < -0.3 is 4.42 Å². The van der Waals surface area contributed by atoms with Crippen LogP contribution in [0.3, 0.4) is 0 Å². The highest BCUT2D eigenvalue weighted by molar-refractivity contribution is 6.25.